The predicted octanol–water partition coefficient (Wildman–Crippen LogP) is 1.99. The zero-order valence-electron chi connectivity index (χ0n) is 11.3. The van der Waals surface area contributed by atoms with Gasteiger partial charge in [-0.05, 0) is 38.4 Å². The van der Waals surface area contributed by atoms with Crippen LogP contribution in [-0.4, -0.2) is 42.2 Å². The van der Waals surface area contributed by atoms with E-state index >= 15 is 0 Å². The van der Waals surface area contributed by atoms with Crippen molar-refractivity contribution in [3.63, 3.8) is 0 Å². The molecule has 2 unspecified atom stereocenters. The van der Waals surface area contributed by atoms with Gasteiger partial charge in [-0.1, -0.05) is 6.07 Å². The van der Waals surface area contributed by atoms with Crippen LogP contribution in [0.4, 0.5) is 10.1 Å². The van der Waals surface area contributed by atoms with Crippen molar-refractivity contribution < 1.29 is 9.50 Å². The fraction of sp³-hybridized carbons (Fsp3) is 0.600. The second-order valence-electron chi connectivity index (χ2n) is 5.68. The van der Waals surface area contributed by atoms with Crippen LogP contribution in [0.5, 0.6) is 0 Å². The molecule has 4 heteroatoms. The van der Waals surface area contributed by atoms with Crippen LogP contribution in [-0.2, 0) is 6.61 Å². The van der Waals surface area contributed by atoms with E-state index in [1.165, 1.54) is 18.9 Å². The van der Waals surface area contributed by atoms with Gasteiger partial charge in [0.05, 0.1) is 6.61 Å². The maximum Gasteiger partial charge on any atom is 0.130 e. The number of aliphatic hydroxyl groups excluding tert-OH is 1. The van der Waals surface area contributed by atoms with E-state index in [-0.39, 0.29) is 12.4 Å². The highest BCUT2D eigenvalue weighted by molar-refractivity contribution is 5.54. The Morgan fingerprint density at radius 3 is 2.84 bits per heavy atom. The van der Waals surface area contributed by atoms with Crippen molar-refractivity contribution in [1.82, 2.24) is 4.90 Å². The molecule has 1 aromatic carbocycles. The smallest absolute Gasteiger partial charge is 0.130 e. The lowest BCUT2D eigenvalue weighted by Gasteiger charge is -2.29. The summed E-state index contributed by atoms with van der Waals surface area (Å²) in [5.74, 6) is -0.303. The lowest BCUT2D eigenvalue weighted by molar-refractivity contribution is 0.254. The molecule has 0 amide bonds. The van der Waals surface area contributed by atoms with Gasteiger partial charge in [0.15, 0.2) is 0 Å². The summed E-state index contributed by atoms with van der Waals surface area (Å²) in [6.45, 7) is 1.65. The summed E-state index contributed by atoms with van der Waals surface area (Å²) in [5.41, 5.74) is 1.30. The monoisotopic (exact) mass is 264 g/mol. The fourth-order valence-corrected chi connectivity index (χ4v) is 3.53. The van der Waals surface area contributed by atoms with Gasteiger partial charge >= 0.3 is 0 Å². The van der Waals surface area contributed by atoms with Crippen molar-refractivity contribution in [3.8, 4) is 0 Å². The maximum atomic E-state index is 13.8. The molecule has 1 aromatic rings. The molecule has 19 heavy (non-hydrogen) atoms. The predicted molar refractivity (Wildman–Crippen MR) is 73.7 cm³/mol. The zero-order chi connectivity index (χ0) is 13.4. The summed E-state index contributed by atoms with van der Waals surface area (Å²) in [4.78, 5) is 4.72. The van der Waals surface area contributed by atoms with Crippen molar-refractivity contribution in [2.45, 2.75) is 38.0 Å². The second-order valence-corrected chi connectivity index (χ2v) is 5.68. The average Bonchev–Trinajstić information content (AvgIpc) is 2.63. The van der Waals surface area contributed by atoms with E-state index in [4.69, 9.17) is 0 Å². The molecule has 2 saturated heterocycles. The lowest BCUT2D eigenvalue weighted by Crippen LogP contribution is -2.37. The van der Waals surface area contributed by atoms with Gasteiger partial charge in [0.1, 0.15) is 5.82 Å². The molecule has 1 N–H and O–H groups in total. The van der Waals surface area contributed by atoms with Crippen LogP contribution in [0.2, 0.25) is 0 Å². The van der Waals surface area contributed by atoms with Gasteiger partial charge in [0.2, 0.25) is 0 Å². The largest absolute Gasteiger partial charge is 0.391 e. The second kappa shape index (κ2) is 5.10. The molecule has 0 radical (unpaired) electrons. The van der Waals surface area contributed by atoms with Gasteiger partial charge in [-0.2, -0.15) is 0 Å². The molecular weight excluding hydrogens is 243 g/mol. The van der Waals surface area contributed by atoms with Crippen molar-refractivity contribution in [3.05, 3.63) is 29.6 Å². The molecule has 2 aliphatic rings. The Hall–Kier alpha value is -1.13. The van der Waals surface area contributed by atoms with Crippen molar-refractivity contribution in [2.75, 3.05) is 25.0 Å². The van der Waals surface area contributed by atoms with Gasteiger partial charge in [0, 0.05) is 36.4 Å². The molecule has 2 aliphatic heterocycles. The summed E-state index contributed by atoms with van der Waals surface area (Å²) >= 11 is 0. The summed E-state index contributed by atoms with van der Waals surface area (Å²) < 4.78 is 13.8. The molecule has 0 aliphatic carbocycles. The molecule has 2 atom stereocenters. The number of fused-ring (bicyclic) bond motifs is 2. The lowest BCUT2D eigenvalue weighted by atomic mass is 10.1. The van der Waals surface area contributed by atoms with Crippen LogP contribution in [0.15, 0.2) is 18.2 Å². The summed E-state index contributed by atoms with van der Waals surface area (Å²) in [6.07, 6.45) is 3.63. The minimum Gasteiger partial charge on any atom is -0.391 e. The van der Waals surface area contributed by atoms with Crippen molar-refractivity contribution >= 4 is 5.69 Å². The highest BCUT2D eigenvalue weighted by Gasteiger charge is 2.35. The number of likely N-dealkylation sites (N-methyl/N-ethyl adjacent to an activating group) is 1. The van der Waals surface area contributed by atoms with E-state index in [1.807, 2.05) is 6.07 Å². The molecule has 0 aromatic heterocycles. The van der Waals surface area contributed by atoms with E-state index in [2.05, 4.69) is 16.8 Å². The third-order valence-electron chi connectivity index (χ3n) is 4.74. The average molecular weight is 264 g/mol. The van der Waals surface area contributed by atoms with Crippen LogP contribution in [0.3, 0.4) is 0 Å². The highest BCUT2D eigenvalue weighted by atomic mass is 19.1. The Balaban J connectivity index is 1.89. The van der Waals surface area contributed by atoms with E-state index < -0.39 is 0 Å². The maximum absolute atomic E-state index is 13.8. The number of hydrogen-bond acceptors (Lipinski definition) is 3. The van der Waals surface area contributed by atoms with Crippen LogP contribution in [0.1, 0.15) is 24.8 Å². The summed E-state index contributed by atoms with van der Waals surface area (Å²) in [5, 5.41) is 9.41. The zero-order valence-corrected chi connectivity index (χ0v) is 11.3. The molecule has 0 saturated carbocycles. The van der Waals surface area contributed by atoms with E-state index in [9.17, 15) is 9.50 Å². The van der Waals surface area contributed by atoms with Crippen molar-refractivity contribution in [2.24, 2.45) is 0 Å². The van der Waals surface area contributed by atoms with Crippen LogP contribution >= 0.6 is 0 Å². The Morgan fingerprint density at radius 2 is 2.05 bits per heavy atom. The van der Waals surface area contributed by atoms with Gasteiger partial charge in [-0.3, -0.25) is 4.90 Å². The third-order valence-corrected chi connectivity index (χ3v) is 4.74. The van der Waals surface area contributed by atoms with E-state index in [0.717, 1.165) is 25.2 Å². The standard InChI is InChI=1S/C15H21FN2O/c1-17-11-5-6-12(17)9-18(8-7-11)15-4-2-3-14(16)13(15)10-19/h2-4,11-12,19H,5-10H2,1H3. The Kier molecular flexibility index (Phi) is 3.46. The van der Waals surface area contributed by atoms with Gasteiger partial charge in [0.25, 0.3) is 0 Å². The number of nitrogens with zero attached hydrogens (tertiary/aromatic N) is 2. The first-order valence-corrected chi connectivity index (χ1v) is 7.06. The fourth-order valence-electron chi connectivity index (χ4n) is 3.53. The number of rotatable bonds is 2. The number of hydrogen-bond donors (Lipinski definition) is 1. The van der Waals surface area contributed by atoms with Crippen LogP contribution in [0, 0.1) is 5.82 Å². The molecular formula is C15H21FN2O. The first-order valence-electron chi connectivity index (χ1n) is 7.06. The Morgan fingerprint density at radius 1 is 1.26 bits per heavy atom. The SMILES string of the molecule is CN1C2CCC1CN(c1cccc(F)c1CO)CC2. The minimum atomic E-state index is -0.303. The molecule has 2 bridgehead atoms. The first kappa shape index (κ1) is 12.9. The molecule has 3 nitrogen and oxygen atoms in total. The normalized spacial score (nSPS) is 27.6. The molecule has 2 heterocycles. The van der Waals surface area contributed by atoms with Gasteiger partial charge < -0.3 is 10.0 Å². The molecule has 3 rings (SSSR count). The summed E-state index contributed by atoms with van der Waals surface area (Å²) in [7, 11) is 2.20. The van der Waals surface area contributed by atoms with E-state index in [1.54, 1.807) is 6.07 Å². The quantitative estimate of drug-likeness (QED) is 0.885. The topological polar surface area (TPSA) is 26.7 Å². The third kappa shape index (κ3) is 2.23. The molecule has 0 spiro atoms. The summed E-state index contributed by atoms with van der Waals surface area (Å²) in [6, 6.07) is 6.30. The number of benzene rings is 1. The molecule has 2 fully saturated rings. The Bertz CT molecular complexity index is 465. The molecule has 104 valence electrons. The van der Waals surface area contributed by atoms with Gasteiger partial charge in [-0.25, -0.2) is 4.39 Å². The first-order chi connectivity index (χ1) is 9.20. The van der Waals surface area contributed by atoms with Crippen LogP contribution < -0.4 is 4.90 Å². The van der Waals surface area contributed by atoms with Gasteiger partial charge in [-0.15, -0.1) is 0 Å². The Labute approximate surface area is 113 Å². The van der Waals surface area contributed by atoms with Crippen LogP contribution in [0.25, 0.3) is 0 Å². The van der Waals surface area contributed by atoms with E-state index in [0.29, 0.717) is 17.6 Å². The minimum absolute atomic E-state index is 0.234. The van der Waals surface area contributed by atoms with Crippen molar-refractivity contribution in [1.29, 1.82) is 0 Å². The number of aliphatic hydroxyl groups is 1. The number of anilines is 1. The highest BCUT2D eigenvalue weighted by Crippen LogP contribution is 2.32. The number of halogens is 1.